The molecule has 4 nitrogen and oxygen atoms in total. The van der Waals surface area contributed by atoms with Crippen LogP contribution in [0, 0.1) is 0 Å². The fraction of sp³-hybridized carbons (Fsp3) is 0.176. The summed E-state index contributed by atoms with van der Waals surface area (Å²) in [5, 5.41) is 2.94. The lowest BCUT2D eigenvalue weighted by Gasteiger charge is -2.14. The van der Waals surface area contributed by atoms with Crippen molar-refractivity contribution >= 4 is 29.2 Å². The Bertz CT molecular complexity index is 775. The molecule has 132 valence electrons. The predicted molar refractivity (Wildman–Crippen MR) is 86.4 cm³/mol. The maximum Gasteiger partial charge on any atom is 0.416 e. The fourth-order valence-electron chi connectivity index (χ4n) is 1.89. The maximum atomic E-state index is 12.5. The van der Waals surface area contributed by atoms with E-state index in [4.69, 9.17) is 16.3 Å². The summed E-state index contributed by atoms with van der Waals surface area (Å²) in [5.74, 6) is -1.50. The highest BCUT2D eigenvalue weighted by Gasteiger charge is 2.30. The summed E-state index contributed by atoms with van der Waals surface area (Å²) < 4.78 is 42.4. The molecule has 1 N–H and O–H groups in total. The first kappa shape index (κ1) is 18.8. The minimum Gasteiger partial charge on any atom is -0.449 e. The van der Waals surface area contributed by atoms with Crippen molar-refractivity contribution < 1.29 is 27.5 Å². The molecule has 2 aromatic rings. The highest BCUT2D eigenvalue weighted by Crippen LogP contribution is 2.29. The van der Waals surface area contributed by atoms with Crippen molar-refractivity contribution in [2.75, 3.05) is 5.32 Å². The van der Waals surface area contributed by atoms with Gasteiger partial charge in [-0.05, 0) is 49.4 Å². The first-order valence-electron chi connectivity index (χ1n) is 7.11. The number of alkyl halides is 3. The molecule has 0 aliphatic rings. The van der Waals surface area contributed by atoms with E-state index in [-0.39, 0.29) is 5.56 Å². The molecule has 0 fully saturated rings. The van der Waals surface area contributed by atoms with Gasteiger partial charge in [0.1, 0.15) is 0 Å². The van der Waals surface area contributed by atoms with Crippen LogP contribution in [0.15, 0.2) is 48.5 Å². The summed E-state index contributed by atoms with van der Waals surface area (Å²) in [6.45, 7) is 1.35. The first-order valence-corrected chi connectivity index (χ1v) is 7.49. The number of ether oxygens (including phenoxy) is 1. The van der Waals surface area contributed by atoms with Crippen LogP contribution in [0.25, 0.3) is 0 Å². The van der Waals surface area contributed by atoms with Gasteiger partial charge in [0.25, 0.3) is 5.91 Å². The minimum atomic E-state index is -4.49. The van der Waals surface area contributed by atoms with Crippen LogP contribution in [0.1, 0.15) is 22.8 Å². The van der Waals surface area contributed by atoms with Crippen molar-refractivity contribution in [1.82, 2.24) is 0 Å². The second-order valence-electron chi connectivity index (χ2n) is 5.12. The number of benzene rings is 2. The Hall–Kier alpha value is -2.54. The van der Waals surface area contributed by atoms with Crippen LogP contribution in [-0.2, 0) is 15.7 Å². The number of carbonyl (C=O) groups is 2. The number of hydrogen-bond donors (Lipinski definition) is 1. The van der Waals surface area contributed by atoms with E-state index in [1.54, 1.807) is 18.2 Å². The van der Waals surface area contributed by atoms with Gasteiger partial charge < -0.3 is 10.1 Å². The standard InChI is InChI=1S/C17H13ClF3NO3/c1-10(15(23)22-14-4-2-3-13(18)9-14)25-16(24)11-5-7-12(8-6-11)17(19,20)21/h2-10H,1H3,(H,22,23)/t10-/m1/s1. The molecule has 25 heavy (non-hydrogen) atoms. The van der Waals surface area contributed by atoms with Crippen LogP contribution in [0.2, 0.25) is 5.02 Å². The van der Waals surface area contributed by atoms with Crippen LogP contribution < -0.4 is 5.32 Å². The lowest BCUT2D eigenvalue weighted by atomic mass is 10.1. The molecule has 1 atom stereocenters. The van der Waals surface area contributed by atoms with Gasteiger partial charge in [-0.15, -0.1) is 0 Å². The quantitative estimate of drug-likeness (QED) is 0.803. The van der Waals surface area contributed by atoms with Crippen molar-refractivity contribution in [3.8, 4) is 0 Å². The summed E-state index contributed by atoms with van der Waals surface area (Å²) in [4.78, 5) is 23.9. The van der Waals surface area contributed by atoms with Crippen LogP contribution in [-0.4, -0.2) is 18.0 Å². The van der Waals surface area contributed by atoms with Crippen molar-refractivity contribution in [3.63, 3.8) is 0 Å². The molecule has 0 bridgehead atoms. The lowest BCUT2D eigenvalue weighted by molar-refractivity contribution is -0.137. The Kier molecular flexibility index (Phi) is 5.69. The molecule has 0 saturated carbocycles. The second kappa shape index (κ2) is 7.57. The number of carbonyl (C=O) groups excluding carboxylic acids is 2. The lowest BCUT2D eigenvalue weighted by Crippen LogP contribution is -2.30. The summed E-state index contributed by atoms with van der Waals surface area (Å²) in [6, 6.07) is 9.92. The number of esters is 1. The zero-order valence-electron chi connectivity index (χ0n) is 12.9. The van der Waals surface area contributed by atoms with E-state index in [9.17, 15) is 22.8 Å². The third kappa shape index (κ3) is 5.22. The zero-order chi connectivity index (χ0) is 18.6. The van der Waals surface area contributed by atoms with Gasteiger partial charge >= 0.3 is 12.1 Å². The van der Waals surface area contributed by atoms with Gasteiger partial charge in [-0.2, -0.15) is 13.2 Å². The molecule has 0 spiro atoms. The number of hydrogen-bond acceptors (Lipinski definition) is 3. The third-order valence-corrected chi connectivity index (χ3v) is 3.43. The summed E-state index contributed by atoms with van der Waals surface area (Å²) in [5.41, 5.74) is -0.541. The van der Waals surface area contributed by atoms with Crippen LogP contribution in [0.4, 0.5) is 18.9 Å². The average molecular weight is 372 g/mol. The number of halogens is 4. The number of rotatable bonds is 4. The number of nitrogens with one attached hydrogen (secondary N) is 1. The highest BCUT2D eigenvalue weighted by atomic mass is 35.5. The topological polar surface area (TPSA) is 55.4 Å². The molecule has 0 heterocycles. The molecular weight excluding hydrogens is 359 g/mol. The molecular formula is C17H13ClF3NO3. The molecule has 0 unspecified atom stereocenters. The number of amides is 1. The Morgan fingerprint density at radius 2 is 1.76 bits per heavy atom. The highest BCUT2D eigenvalue weighted by molar-refractivity contribution is 6.30. The Balaban J connectivity index is 1.98. The number of anilines is 1. The maximum absolute atomic E-state index is 12.5. The van der Waals surface area contributed by atoms with Crippen LogP contribution in [0.3, 0.4) is 0 Å². The molecule has 2 aromatic carbocycles. The van der Waals surface area contributed by atoms with Gasteiger partial charge in [0.05, 0.1) is 11.1 Å². The predicted octanol–water partition coefficient (Wildman–Crippen LogP) is 4.54. The molecule has 1 amide bonds. The molecule has 0 aliphatic carbocycles. The Morgan fingerprint density at radius 1 is 1.12 bits per heavy atom. The van der Waals surface area contributed by atoms with Gasteiger partial charge in [0.2, 0.25) is 0 Å². The largest absolute Gasteiger partial charge is 0.449 e. The van der Waals surface area contributed by atoms with E-state index in [0.29, 0.717) is 10.7 Å². The van der Waals surface area contributed by atoms with E-state index < -0.39 is 29.7 Å². The summed E-state index contributed by atoms with van der Waals surface area (Å²) in [7, 11) is 0. The van der Waals surface area contributed by atoms with E-state index >= 15 is 0 Å². The Labute approximate surface area is 146 Å². The smallest absolute Gasteiger partial charge is 0.416 e. The van der Waals surface area contributed by atoms with Crippen molar-refractivity contribution in [2.45, 2.75) is 19.2 Å². The summed E-state index contributed by atoms with van der Waals surface area (Å²) >= 11 is 5.80. The van der Waals surface area contributed by atoms with Crippen LogP contribution >= 0.6 is 11.6 Å². The first-order chi connectivity index (χ1) is 11.7. The second-order valence-corrected chi connectivity index (χ2v) is 5.56. The van der Waals surface area contributed by atoms with Crippen molar-refractivity contribution in [1.29, 1.82) is 0 Å². The van der Waals surface area contributed by atoms with E-state index in [1.165, 1.54) is 13.0 Å². The van der Waals surface area contributed by atoms with Crippen LogP contribution in [0.5, 0.6) is 0 Å². The fourth-order valence-corrected chi connectivity index (χ4v) is 2.08. The molecule has 0 saturated heterocycles. The SMILES string of the molecule is C[C@@H](OC(=O)c1ccc(C(F)(F)F)cc1)C(=O)Nc1cccc(Cl)c1. The van der Waals surface area contributed by atoms with Crippen molar-refractivity contribution in [3.05, 3.63) is 64.7 Å². The van der Waals surface area contributed by atoms with Crippen molar-refractivity contribution in [2.24, 2.45) is 0 Å². The summed E-state index contributed by atoms with van der Waals surface area (Å²) in [6.07, 6.45) is -5.64. The average Bonchev–Trinajstić information content (AvgIpc) is 2.54. The van der Waals surface area contributed by atoms with Gasteiger partial charge in [0, 0.05) is 10.7 Å². The van der Waals surface area contributed by atoms with Gasteiger partial charge in [-0.1, -0.05) is 17.7 Å². The van der Waals surface area contributed by atoms with Gasteiger partial charge in [-0.25, -0.2) is 4.79 Å². The molecule has 2 rings (SSSR count). The van der Waals surface area contributed by atoms with Gasteiger partial charge in [0.15, 0.2) is 6.10 Å². The normalized spacial score (nSPS) is 12.4. The molecule has 0 aliphatic heterocycles. The Morgan fingerprint density at radius 3 is 2.32 bits per heavy atom. The third-order valence-electron chi connectivity index (χ3n) is 3.19. The molecule has 8 heteroatoms. The monoisotopic (exact) mass is 371 g/mol. The molecule has 0 radical (unpaired) electrons. The van der Waals surface area contributed by atoms with E-state index in [0.717, 1.165) is 24.3 Å². The van der Waals surface area contributed by atoms with E-state index in [1.807, 2.05) is 0 Å². The van der Waals surface area contributed by atoms with E-state index in [2.05, 4.69) is 5.32 Å². The molecule has 0 aromatic heterocycles. The zero-order valence-corrected chi connectivity index (χ0v) is 13.7. The van der Waals surface area contributed by atoms with Gasteiger partial charge in [-0.3, -0.25) is 4.79 Å². The minimum absolute atomic E-state index is 0.0876.